The molecule has 9 nitrogen and oxygen atoms in total. The Morgan fingerprint density at radius 1 is 1.39 bits per heavy atom. The van der Waals surface area contributed by atoms with Crippen LogP contribution in [0.25, 0.3) is 0 Å². The van der Waals surface area contributed by atoms with Crippen molar-refractivity contribution in [3.8, 4) is 0 Å². The summed E-state index contributed by atoms with van der Waals surface area (Å²) in [6, 6.07) is 2.84. The first kappa shape index (κ1) is 23.1. The molecule has 0 radical (unpaired) electrons. The number of hydrogen-bond acceptors (Lipinski definition) is 7. The maximum Gasteiger partial charge on any atom is 0.423 e. The van der Waals surface area contributed by atoms with Gasteiger partial charge in [-0.05, 0) is 37.1 Å². The summed E-state index contributed by atoms with van der Waals surface area (Å²) in [5.74, 6) is -0.972. The summed E-state index contributed by atoms with van der Waals surface area (Å²) in [6.07, 6.45) is -8.75. The molecule has 1 saturated heterocycles. The van der Waals surface area contributed by atoms with Crippen molar-refractivity contribution in [1.82, 2.24) is 20.0 Å². The van der Waals surface area contributed by atoms with E-state index in [0.717, 1.165) is 11.1 Å². The molecule has 2 heterocycles. The van der Waals surface area contributed by atoms with Crippen molar-refractivity contribution in [2.45, 2.75) is 38.7 Å². The molecule has 170 valence electrons. The summed E-state index contributed by atoms with van der Waals surface area (Å²) in [7, 11) is 0. The highest BCUT2D eigenvalue weighted by atomic mass is 35.5. The summed E-state index contributed by atoms with van der Waals surface area (Å²) < 4.78 is 42.7. The fourth-order valence-electron chi connectivity index (χ4n) is 3.38. The number of aliphatic hydroxyl groups is 1. The number of hydrogen-bond donors (Lipinski definition) is 3. The molecular weight excluding hydrogens is 443 g/mol. The highest BCUT2D eigenvalue weighted by Gasteiger charge is 2.43. The monoisotopic (exact) mass is 463 g/mol. The van der Waals surface area contributed by atoms with Gasteiger partial charge in [0.25, 0.3) is 5.89 Å². The number of halogens is 4. The largest absolute Gasteiger partial charge is 0.465 e. The zero-order valence-electron chi connectivity index (χ0n) is 16.6. The van der Waals surface area contributed by atoms with Crippen molar-refractivity contribution in [3.05, 3.63) is 34.2 Å². The Balaban J connectivity index is 1.74. The van der Waals surface area contributed by atoms with Crippen molar-refractivity contribution in [2.24, 2.45) is 0 Å². The number of benzene rings is 1. The maximum atomic E-state index is 12.6. The van der Waals surface area contributed by atoms with Gasteiger partial charge in [0.05, 0.1) is 0 Å². The number of carbonyl (C=O) groups is 1. The number of anilines is 2. The van der Waals surface area contributed by atoms with Crippen LogP contribution in [0.1, 0.15) is 30.0 Å². The van der Waals surface area contributed by atoms with Gasteiger partial charge in [-0.25, -0.2) is 4.79 Å². The molecular formula is C18H21ClF3N5O4. The molecule has 1 unspecified atom stereocenters. The molecule has 3 N–H and O–H groups in total. The van der Waals surface area contributed by atoms with E-state index in [4.69, 9.17) is 16.0 Å². The standard InChI is InChI=1S/C18H21ClF3N5O4/c1-9-7-26(3-4-27(9)17(29)30)8-11-5-12(19)6-13(10(11)2)23-16-25-24-15(31-16)14(28)18(20,21)22/h5-6,9,14,28H,3-4,7-8H2,1-2H3,(H,23,25)(H,29,30)/t9-,14?/m0/s1. The molecule has 0 aliphatic carbocycles. The summed E-state index contributed by atoms with van der Waals surface area (Å²) in [5, 5.41) is 28.3. The van der Waals surface area contributed by atoms with Crippen LogP contribution in [0.15, 0.2) is 16.5 Å². The lowest BCUT2D eigenvalue weighted by Crippen LogP contribution is -2.53. The maximum absolute atomic E-state index is 12.6. The number of amides is 1. The second kappa shape index (κ2) is 8.89. The van der Waals surface area contributed by atoms with Crippen molar-refractivity contribution >= 4 is 29.4 Å². The van der Waals surface area contributed by atoms with Gasteiger partial charge in [-0.1, -0.05) is 16.7 Å². The van der Waals surface area contributed by atoms with Crippen molar-refractivity contribution in [3.63, 3.8) is 0 Å². The lowest BCUT2D eigenvalue weighted by Gasteiger charge is -2.38. The third-order valence-corrected chi connectivity index (χ3v) is 5.28. The van der Waals surface area contributed by atoms with Crippen LogP contribution < -0.4 is 5.32 Å². The second-order valence-corrected chi connectivity index (χ2v) is 7.75. The first-order chi connectivity index (χ1) is 14.5. The summed E-state index contributed by atoms with van der Waals surface area (Å²) in [5.41, 5.74) is 2.06. The number of aromatic nitrogens is 2. The van der Waals surface area contributed by atoms with E-state index in [2.05, 4.69) is 20.4 Å². The second-order valence-electron chi connectivity index (χ2n) is 7.31. The molecule has 1 aromatic heterocycles. The van der Waals surface area contributed by atoms with Crippen LogP contribution in [0, 0.1) is 6.92 Å². The first-order valence-corrected chi connectivity index (χ1v) is 9.69. The van der Waals surface area contributed by atoms with E-state index in [0.29, 0.717) is 36.9 Å². The lowest BCUT2D eigenvalue weighted by atomic mass is 10.0. The highest BCUT2D eigenvalue weighted by Crippen LogP contribution is 2.33. The van der Waals surface area contributed by atoms with E-state index >= 15 is 0 Å². The van der Waals surface area contributed by atoms with Crippen LogP contribution >= 0.6 is 11.6 Å². The van der Waals surface area contributed by atoms with Crippen LogP contribution in [-0.2, 0) is 6.54 Å². The minimum absolute atomic E-state index is 0.166. The topological polar surface area (TPSA) is 115 Å². The van der Waals surface area contributed by atoms with E-state index in [1.54, 1.807) is 19.1 Å². The van der Waals surface area contributed by atoms with E-state index < -0.39 is 24.3 Å². The fourth-order valence-corrected chi connectivity index (χ4v) is 3.62. The van der Waals surface area contributed by atoms with Crippen molar-refractivity contribution < 1.29 is 32.6 Å². The minimum Gasteiger partial charge on any atom is -0.465 e. The van der Waals surface area contributed by atoms with E-state index in [9.17, 15) is 28.2 Å². The van der Waals surface area contributed by atoms with E-state index in [1.165, 1.54) is 4.90 Å². The van der Waals surface area contributed by atoms with Gasteiger partial charge in [0, 0.05) is 42.9 Å². The Hall–Kier alpha value is -2.57. The van der Waals surface area contributed by atoms with Crippen molar-refractivity contribution in [2.75, 3.05) is 25.0 Å². The molecule has 1 fully saturated rings. The molecule has 0 spiro atoms. The van der Waals surface area contributed by atoms with Gasteiger partial charge >= 0.3 is 18.3 Å². The van der Waals surface area contributed by atoms with Gasteiger partial charge in [-0.2, -0.15) is 13.2 Å². The Morgan fingerprint density at radius 3 is 2.71 bits per heavy atom. The summed E-state index contributed by atoms with van der Waals surface area (Å²) in [4.78, 5) is 14.7. The zero-order valence-corrected chi connectivity index (χ0v) is 17.4. The van der Waals surface area contributed by atoms with Gasteiger partial charge in [-0.3, -0.25) is 4.90 Å². The van der Waals surface area contributed by atoms with Crippen LogP contribution in [0.4, 0.5) is 29.7 Å². The number of piperazine rings is 1. The van der Waals surface area contributed by atoms with Crippen molar-refractivity contribution in [1.29, 1.82) is 0 Å². The first-order valence-electron chi connectivity index (χ1n) is 9.32. The summed E-state index contributed by atoms with van der Waals surface area (Å²) >= 11 is 6.21. The molecule has 0 saturated carbocycles. The quantitative estimate of drug-likeness (QED) is 0.616. The Bertz CT molecular complexity index is 955. The van der Waals surface area contributed by atoms with Gasteiger partial charge in [0.1, 0.15) is 0 Å². The number of carboxylic acid groups (broad SMARTS) is 1. The smallest absolute Gasteiger partial charge is 0.423 e. The summed E-state index contributed by atoms with van der Waals surface area (Å²) in [6.45, 7) is 5.61. The minimum atomic E-state index is -4.93. The third-order valence-electron chi connectivity index (χ3n) is 5.06. The molecule has 2 aromatic rings. The van der Waals surface area contributed by atoms with Crippen LogP contribution in [0.5, 0.6) is 0 Å². The molecule has 1 amide bonds. The van der Waals surface area contributed by atoms with Gasteiger partial charge in [-0.15, -0.1) is 5.10 Å². The molecule has 1 aliphatic rings. The number of alkyl halides is 3. The van der Waals surface area contributed by atoms with E-state index in [-0.39, 0.29) is 12.1 Å². The molecule has 2 atom stereocenters. The zero-order chi connectivity index (χ0) is 22.9. The average Bonchev–Trinajstić information content (AvgIpc) is 3.12. The normalized spacial score (nSPS) is 18.8. The molecule has 31 heavy (non-hydrogen) atoms. The average molecular weight is 464 g/mol. The van der Waals surface area contributed by atoms with Gasteiger partial charge in [0.2, 0.25) is 6.10 Å². The predicted octanol–water partition coefficient (Wildman–Crippen LogP) is 3.55. The Labute approximate surface area is 180 Å². The van der Waals surface area contributed by atoms with Crippen LogP contribution in [0.2, 0.25) is 5.02 Å². The number of nitrogens with zero attached hydrogens (tertiary/aromatic N) is 4. The molecule has 1 aliphatic heterocycles. The fraction of sp³-hybridized carbons (Fsp3) is 0.500. The highest BCUT2D eigenvalue weighted by molar-refractivity contribution is 6.31. The SMILES string of the molecule is Cc1c(CN2CCN(C(=O)O)[C@@H](C)C2)cc(Cl)cc1Nc1nnc(C(O)C(F)(F)F)o1. The lowest BCUT2D eigenvalue weighted by molar-refractivity contribution is -0.213. The Kier molecular flexibility index (Phi) is 6.62. The molecule has 3 rings (SSSR count). The Morgan fingerprint density at radius 2 is 2.10 bits per heavy atom. The number of nitrogens with one attached hydrogen (secondary N) is 1. The van der Waals surface area contributed by atoms with E-state index in [1.807, 2.05) is 6.92 Å². The van der Waals surface area contributed by atoms with Crippen LogP contribution in [0.3, 0.4) is 0 Å². The van der Waals surface area contributed by atoms with Gasteiger partial charge in [0.15, 0.2) is 0 Å². The molecule has 1 aromatic carbocycles. The van der Waals surface area contributed by atoms with Gasteiger partial charge < -0.3 is 24.8 Å². The number of aliphatic hydroxyl groups excluding tert-OH is 1. The predicted molar refractivity (Wildman–Crippen MR) is 104 cm³/mol. The molecule has 0 bridgehead atoms. The molecule has 13 heteroatoms. The third kappa shape index (κ3) is 5.38. The number of rotatable bonds is 5. The van der Waals surface area contributed by atoms with Crippen LogP contribution in [-0.4, -0.2) is 68.2 Å².